The third-order valence-corrected chi connectivity index (χ3v) is 5.32. The molecule has 0 unspecified atom stereocenters. The highest BCUT2D eigenvalue weighted by atomic mass is 79.9. The normalized spacial score (nSPS) is 11.4. The average molecular weight is 515 g/mol. The van der Waals surface area contributed by atoms with Crippen LogP contribution in [0.15, 0.2) is 50.8 Å². The first-order chi connectivity index (χ1) is 15.7. The number of hydrogen-bond donors (Lipinski definition) is 0. The molecule has 3 rings (SSSR count). The van der Waals surface area contributed by atoms with Gasteiger partial charge in [0.2, 0.25) is 0 Å². The maximum Gasteiger partial charge on any atom is 0.344 e. The van der Waals surface area contributed by atoms with Crippen LogP contribution in [0.2, 0.25) is 0 Å². The summed E-state index contributed by atoms with van der Waals surface area (Å²) in [4.78, 5) is 31.6. The predicted molar refractivity (Wildman–Crippen MR) is 134 cm³/mol. The second-order valence-electron chi connectivity index (χ2n) is 7.86. The lowest BCUT2D eigenvalue weighted by Gasteiger charge is -2.16. The Morgan fingerprint density at radius 3 is 2.67 bits per heavy atom. The number of carbonyl (C=O) groups excluding carboxylic acids is 1. The Morgan fingerprint density at radius 1 is 1.24 bits per heavy atom. The molecule has 0 bridgehead atoms. The van der Waals surface area contributed by atoms with E-state index in [2.05, 4.69) is 26.0 Å². The lowest BCUT2D eigenvalue weighted by molar-refractivity contribution is -0.145. The van der Waals surface area contributed by atoms with Gasteiger partial charge in [-0.1, -0.05) is 29.8 Å². The first-order valence-corrected chi connectivity index (χ1v) is 11.4. The van der Waals surface area contributed by atoms with E-state index in [1.54, 1.807) is 19.2 Å². The number of hydrogen-bond acceptors (Lipinski definition) is 7. The zero-order valence-electron chi connectivity index (χ0n) is 19.3. The van der Waals surface area contributed by atoms with E-state index in [-0.39, 0.29) is 24.7 Å². The number of fused-ring (bicyclic) bond motifs is 1. The summed E-state index contributed by atoms with van der Waals surface area (Å²) < 4.78 is 12.8. The molecule has 9 heteroatoms. The van der Waals surface area contributed by atoms with Crippen LogP contribution in [0.1, 0.15) is 38.1 Å². The van der Waals surface area contributed by atoms with Crippen molar-refractivity contribution in [3.8, 4) is 5.75 Å². The molecule has 0 radical (unpaired) electrons. The summed E-state index contributed by atoms with van der Waals surface area (Å²) in [5.41, 5.74) is 1.86. The van der Waals surface area contributed by atoms with E-state index in [1.807, 2.05) is 63.2 Å². The molecule has 0 N–H and O–H groups in total. The molecule has 174 valence electrons. The number of nitrogens with zero attached hydrogens (tertiary/aromatic N) is 4. The minimum Gasteiger partial charge on any atom is -0.481 e. The highest BCUT2D eigenvalue weighted by Gasteiger charge is 2.14. The van der Waals surface area contributed by atoms with Crippen molar-refractivity contribution in [2.24, 2.45) is 5.10 Å². The standard InChI is InChI=1S/C24H27BrN4O4/c1-6-32-22(30)14-33-21-12-18(28(4)5)9-7-16(21)13-26-29-23(15(2)3)27-20-10-8-17(25)11-19(20)24(29)31/h7-13,15H,6,14H2,1-5H3. The van der Waals surface area contributed by atoms with Gasteiger partial charge in [-0.2, -0.15) is 9.78 Å². The number of benzene rings is 2. The van der Waals surface area contributed by atoms with E-state index in [9.17, 15) is 9.59 Å². The van der Waals surface area contributed by atoms with Gasteiger partial charge in [0.05, 0.1) is 23.7 Å². The van der Waals surface area contributed by atoms with Gasteiger partial charge in [0, 0.05) is 41.8 Å². The quantitative estimate of drug-likeness (QED) is 0.331. The van der Waals surface area contributed by atoms with Gasteiger partial charge in [0.1, 0.15) is 11.6 Å². The van der Waals surface area contributed by atoms with E-state index >= 15 is 0 Å². The number of ether oxygens (including phenoxy) is 2. The van der Waals surface area contributed by atoms with Crippen molar-refractivity contribution in [1.29, 1.82) is 0 Å². The molecule has 0 saturated heterocycles. The first-order valence-electron chi connectivity index (χ1n) is 10.6. The molecule has 0 atom stereocenters. The lowest BCUT2D eigenvalue weighted by atomic mass is 10.2. The third kappa shape index (κ3) is 5.78. The zero-order chi connectivity index (χ0) is 24.1. The highest BCUT2D eigenvalue weighted by molar-refractivity contribution is 9.10. The fourth-order valence-electron chi connectivity index (χ4n) is 3.14. The van der Waals surface area contributed by atoms with Gasteiger partial charge >= 0.3 is 5.97 Å². The molecule has 2 aromatic carbocycles. The van der Waals surface area contributed by atoms with Crippen molar-refractivity contribution in [2.75, 3.05) is 32.2 Å². The largest absolute Gasteiger partial charge is 0.481 e. The fourth-order valence-corrected chi connectivity index (χ4v) is 3.50. The first kappa shape index (κ1) is 24.4. The van der Waals surface area contributed by atoms with E-state index in [4.69, 9.17) is 9.47 Å². The molecular formula is C24H27BrN4O4. The SMILES string of the molecule is CCOC(=O)COc1cc(N(C)C)ccc1C=Nn1c(C(C)C)nc2ccc(Br)cc2c1=O. The minimum absolute atomic E-state index is 0.0291. The Balaban J connectivity index is 2.06. The van der Waals surface area contributed by atoms with Gasteiger partial charge < -0.3 is 14.4 Å². The lowest BCUT2D eigenvalue weighted by Crippen LogP contribution is -2.23. The summed E-state index contributed by atoms with van der Waals surface area (Å²) in [6.45, 7) is 5.70. The van der Waals surface area contributed by atoms with Crippen LogP contribution in [0.3, 0.4) is 0 Å². The second kappa shape index (κ2) is 10.6. The molecule has 0 aliphatic heterocycles. The van der Waals surface area contributed by atoms with Crippen LogP contribution in [0.5, 0.6) is 5.75 Å². The van der Waals surface area contributed by atoms with Crippen LogP contribution in [0, 0.1) is 0 Å². The summed E-state index contributed by atoms with van der Waals surface area (Å²) in [7, 11) is 3.82. The molecule has 0 amide bonds. The molecule has 0 aliphatic carbocycles. The van der Waals surface area contributed by atoms with E-state index in [0.29, 0.717) is 28.0 Å². The van der Waals surface area contributed by atoms with Crippen LogP contribution < -0.4 is 15.2 Å². The number of aromatic nitrogens is 2. The molecule has 1 heterocycles. The molecule has 0 spiro atoms. The molecule has 3 aromatic rings. The number of rotatable bonds is 8. The summed E-state index contributed by atoms with van der Waals surface area (Å²) in [6.07, 6.45) is 1.54. The molecule has 0 aliphatic rings. The molecule has 33 heavy (non-hydrogen) atoms. The average Bonchev–Trinajstić information content (AvgIpc) is 2.77. The minimum atomic E-state index is -0.460. The van der Waals surface area contributed by atoms with Crippen LogP contribution in [-0.2, 0) is 9.53 Å². The van der Waals surface area contributed by atoms with Gasteiger partial charge in [-0.3, -0.25) is 4.79 Å². The second-order valence-corrected chi connectivity index (χ2v) is 8.77. The Hall–Kier alpha value is -3.20. The molecule has 0 saturated carbocycles. The topological polar surface area (TPSA) is 86.0 Å². The monoisotopic (exact) mass is 514 g/mol. The Morgan fingerprint density at radius 2 is 2.00 bits per heavy atom. The van der Waals surface area contributed by atoms with Crippen molar-refractivity contribution >= 4 is 44.7 Å². The van der Waals surface area contributed by atoms with Gasteiger partial charge in [0.15, 0.2) is 6.61 Å². The summed E-state index contributed by atoms with van der Waals surface area (Å²) >= 11 is 3.41. The van der Waals surface area contributed by atoms with Gasteiger partial charge in [0.25, 0.3) is 5.56 Å². The molecule has 1 aromatic heterocycles. The van der Waals surface area contributed by atoms with Crippen LogP contribution in [0.25, 0.3) is 10.9 Å². The Kier molecular flexibility index (Phi) is 7.86. The third-order valence-electron chi connectivity index (χ3n) is 4.83. The Labute approximate surface area is 201 Å². The maximum atomic E-state index is 13.2. The van der Waals surface area contributed by atoms with Crippen LogP contribution in [-0.4, -0.2) is 49.2 Å². The van der Waals surface area contributed by atoms with E-state index in [0.717, 1.165) is 10.2 Å². The number of anilines is 1. The van der Waals surface area contributed by atoms with Crippen molar-refractivity contribution in [3.63, 3.8) is 0 Å². The van der Waals surface area contributed by atoms with Crippen molar-refractivity contribution in [1.82, 2.24) is 9.66 Å². The van der Waals surface area contributed by atoms with E-state index in [1.165, 1.54) is 4.68 Å². The Bertz CT molecular complexity index is 1250. The molecule has 0 fully saturated rings. The summed E-state index contributed by atoms with van der Waals surface area (Å²) in [5, 5.41) is 4.93. The molecular weight excluding hydrogens is 488 g/mol. The van der Waals surface area contributed by atoms with Crippen LogP contribution in [0.4, 0.5) is 5.69 Å². The number of esters is 1. The predicted octanol–water partition coefficient (Wildman–Crippen LogP) is 4.17. The molecule has 8 nitrogen and oxygen atoms in total. The zero-order valence-corrected chi connectivity index (χ0v) is 20.9. The van der Waals surface area contributed by atoms with Crippen molar-refractivity contribution in [3.05, 3.63) is 62.6 Å². The van der Waals surface area contributed by atoms with Crippen molar-refractivity contribution < 1.29 is 14.3 Å². The van der Waals surface area contributed by atoms with E-state index < -0.39 is 5.97 Å². The fraction of sp³-hybridized carbons (Fsp3) is 0.333. The van der Waals surface area contributed by atoms with Gasteiger partial charge in [-0.15, -0.1) is 0 Å². The summed E-state index contributed by atoms with van der Waals surface area (Å²) in [6, 6.07) is 10.9. The maximum absolute atomic E-state index is 13.2. The van der Waals surface area contributed by atoms with Gasteiger partial charge in [-0.05, 0) is 37.3 Å². The smallest absolute Gasteiger partial charge is 0.344 e. The number of halogens is 1. The van der Waals surface area contributed by atoms with Crippen molar-refractivity contribution in [2.45, 2.75) is 26.7 Å². The highest BCUT2D eigenvalue weighted by Crippen LogP contribution is 2.24. The summed E-state index contributed by atoms with van der Waals surface area (Å²) in [5.74, 6) is 0.510. The van der Waals surface area contributed by atoms with Gasteiger partial charge in [-0.25, -0.2) is 9.78 Å². The number of carbonyl (C=O) groups is 1. The van der Waals surface area contributed by atoms with Crippen LogP contribution >= 0.6 is 15.9 Å².